The van der Waals surface area contributed by atoms with Gasteiger partial charge in [0.05, 0.1) is 26.5 Å². The van der Waals surface area contributed by atoms with Gasteiger partial charge in [-0.15, -0.1) is 11.3 Å². The number of carbonyl (C=O) groups excluding carboxylic acids is 2. The summed E-state index contributed by atoms with van der Waals surface area (Å²) in [6.07, 6.45) is 0. The van der Waals surface area contributed by atoms with E-state index in [2.05, 4.69) is 15.8 Å². The Bertz CT molecular complexity index is 1130. The van der Waals surface area contributed by atoms with Crippen LogP contribution in [0.2, 0.25) is 0 Å². The number of nitrogens with zero attached hydrogens (tertiary/aromatic N) is 1. The summed E-state index contributed by atoms with van der Waals surface area (Å²) in [4.78, 5) is 24.3. The van der Waals surface area contributed by atoms with E-state index in [1.165, 1.54) is 43.8 Å². The molecule has 0 aliphatic heterocycles. The van der Waals surface area contributed by atoms with Crippen molar-refractivity contribution in [2.45, 2.75) is 6.92 Å². The Morgan fingerprint density at radius 3 is 2.60 bits per heavy atom. The minimum atomic E-state index is -0.492. The van der Waals surface area contributed by atoms with Crippen molar-refractivity contribution in [2.75, 3.05) is 20.8 Å². The second-order valence-corrected chi connectivity index (χ2v) is 7.19. The van der Waals surface area contributed by atoms with Crippen LogP contribution < -0.4 is 20.2 Å². The highest BCUT2D eigenvalue weighted by atomic mass is 32.1. The van der Waals surface area contributed by atoms with Gasteiger partial charge in [0.2, 0.25) is 0 Å². The highest BCUT2D eigenvalue weighted by Gasteiger charge is 2.12. The van der Waals surface area contributed by atoms with E-state index in [4.69, 9.17) is 9.47 Å². The summed E-state index contributed by atoms with van der Waals surface area (Å²) in [6.45, 7) is 1.46. The zero-order valence-electron chi connectivity index (χ0n) is 16.6. The number of thiophene rings is 1. The third kappa shape index (κ3) is 4.74. The summed E-state index contributed by atoms with van der Waals surface area (Å²) in [7, 11) is 2.97. The molecule has 0 spiro atoms. The monoisotopic (exact) mass is 429 g/mol. The molecule has 2 amide bonds. The van der Waals surface area contributed by atoms with Gasteiger partial charge in [-0.3, -0.25) is 9.59 Å². The van der Waals surface area contributed by atoms with Gasteiger partial charge in [0.15, 0.2) is 11.5 Å². The molecule has 0 atom stereocenters. The summed E-state index contributed by atoms with van der Waals surface area (Å²) in [6, 6.07) is 9.24. The summed E-state index contributed by atoms with van der Waals surface area (Å²) in [5, 5.41) is 9.17. The Balaban J connectivity index is 1.60. The average molecular weight is 429 g/mol. The zero-order valence-corrected chi connectivity index (χ0v) is 17.4. The maximum atomic E-state index is 13.5. The molecule has 0 saturated heterocycles. The fraction of sp³-hybridized carbons (Fsp3) is 0.190. The van der Waals surface area contributed by atoms with Gasteiger partial charge in [0.1, 0.15) is 5.82 Å². The first-order chi connectivity index (χ1) is 14.4. The number of carbonyl (C=O) groups is 2. The zero-order chi connectivity index (χ0) is 21.7. The summed E-state index contributed by atoms with van der Waals surface area (Å²) < 4.78 is 24.7. The molecule has 0 saturated carbocycles. The largest absolute Gasteiger partial charge is 0.493 e. The second kappa shape index (κ2) is 9.36. The predicted molar refractivity (Wildman–Crippen MR) is 114 cm³/mol. The van der Waals surface area contributed by atoms with E-state index in [9.17, 15) is 14.0 Å². The molecule has 30 heavy (non-hydrogen) atoms. The first-order valence-electron chi connectivity index (χ1n) is 8.93. The fourth-order valence-corrected chi connectivity index (χ4v) is 3.75. The van der Waals surface area contributed by atoms with Crippen LogP contribution in [0.4, 0.5) is 4.39 Å². The van der Waals surface area contributed by atoms with Crippen LogP contribution in [0.5, 0.6) is 11.5 Å². The van der Waals surface area contributed by atoms with Crippen molar-refractivity contribution in [2.24, 2.45) is 5.10 Å². The molecule has 3 aromatic rings. The van der Waals surface area contributed by atoms with Crippen LogP contribution in [-0.2, 0) is 4.79 Å². The topological polar surface area (TPSA) is 89.0 Å². The van der Waals surface area contributed by atoms with E-state index in [1.807, 2.05) is 5.38 Å². The van der Waals surface area contributed by atoms with Crippen molar-refractivity contribution in [1.82, 2.24) is 10.7 Å². The maximum absolute atomic E-state index is 13.5. The van der Waals surface area contributed by atoms with Crippen molar-refractivity contribution in [3.8, 4) is 11.5 Å². The minimum Gasteiger partial charge on any atom is -0.493 e. The molecule has 3 rings (SSSR count). The maximum Gasteiger partial charge on any atom is 0.259 e. The van der Waals surface area contributed by atoms with Crippen LogP contribution in [0.15, 0.2) is 46.9 Å². The molecule has 1 heterocycles. The van der Waals surface area contributed by atoms with Gasteiger partial charge in [0.25, 0.3) is 11.8 Å². The number of fused-ring (bicyclic) bond motifs is 1. The lowest BCUT2D eigenvalue weighted by Gasteiger charge is -2.09. The Kier molecular flexibility index (Phi) is 6.63. The number of ether oxygens (including phenoxy) is 2. The number of hydrogen-bond donors (Lipinski definition) is 2. The van der Waals surface area contributed by atoms with Crippen molar-refractivity contribution >= 4 is 38.9 Å². The van der Waals surface area contributed by atoms with Crippen molar-refractivity contribution in [1.29, 1.82) is 0 Å². The number of benzene rings is 2. The van der Waals surface area contributed by atoms with E-state index in [0.717, 1.165) is 15.6 Å². The molecule has 0 bridgehead atoms. The Labute approximate surface area is 176 Å². The highest BCUT2D eigenvalue weighted by molar-refractivity contribution is 7.17. The molecule has 0 fully saturated rings. The Morgan fingerprint density at radius 2 is 1.87 bits per heavy atom. The molecule has 7 nitrogen and oxygen atoms in total. The lowest BCUT2D eigenvalue weighted by Crippen LogP contribution is -2.35. The molecular weight excluding hydrogens is 409 g/mol. The third-order valence-electron chi connectivity index (χ3n) is 4.33. The SMILES string of the molecule is COc1ccc(C(=O)NCC(=O)NN=C(C)c2csc3ccc(F)cc23)cc1OC. The molecular formula is C21H20FN3O4S. The smallest absolute Gasteiger partial charge is 0.259 e. The van der Waals surface area contributed by atoms with Crippen LogP contribution in [0.3, 0.4) is 0 Å². The molecule has 1 aromatic heterocycles. The molecule has 0 unspecified atom stereocenters. The molecule has 156 valence electrons. The van der Waals surface area contributed by atoms with E-state index in [0.29, 0.717) is 22.8 Å². The number of halogens is 1. The number of hydrazone groups is 1. The molecule has 9 heteroatoms. The van der Waals surface area contributed by atoms with E-state index in [1.54, 1.807) is 25.1 Å². The molecule has 2 aromatic carbocycles. The van der Waals surface area contributed by atoms with Gasteiger partial charge < -0.3 is 14.8 Å². The van der Waals surface area contributed by atoms with Crippen molar-refractivity contribution in [3.63, 3.8) is 0 Å². The molecule has 0 radical (unpaired) electrons. The van der Waals surface area contributed by atoms with Crippen LogP contribution in [0.25, 0.3) is 10.1 Å². The van der Waals surface area contributed by atoms with Gasteiger partial charge in [-0.2, -0.15) is 5.10 Å². The quantitative estimate of drug-likeness (QED) is 0.445. The molecule has 0 aliphatic carbocycles. The summed E-state index contributed by atoms with van der Waals surface area (Å²) in [5.74, 6) is -0.358. The van der Waals surface area contributed by atoms with Crippen molar-refractivity contribution < 1.29 is 23.5 Å². The number of nitrogens with one attached hydrogen (secondary N) is 2. The van der Waals surface area contributed by atoms with Gasteiger partial charge in [-0.1, -0.05) is 0 Å². The summed E-state index contributed by atoms with van der Waals surface area (Å²) >= 11 is 1.47. The van der Waals surface area contributed by atoms with Crippen LogP contribution in [0.1, 0.15) is 22.8 Å². The number of rotatable bonds is 7. The van der Waals surface area contributed by atoms with Gasteiger partial charge in [-0.05, 0) is 43.3 Å². The van der Waals surface area contributed by atoms with E-state index < -0.39 is 11.8 Å². The van der Waals surface area contributed by atoms with Crippen LogP contribution in [0, 0.1) is 5.82 Å². The predicted octanol–water partition coefficient (Wildman–Crippen LogP) is 3.33. The van der Waals surface area contributed by atoms with E-state index in [-0.39, 0.29) is 12.4 Å². The summed E-state index contributed by atoms with van der Waals surface area (Å²) in [5.41, 5.74) is 4.00. The van der Waals surface area contributed by atoms with E-state index >= 15 is 0 Å². The lowest BCUT2D eigenvalue weighted by atomic mass is 10.1. The third-order valence-corrected chi connectivity index (χ3v) is 5.29. The standard InChI is InChI=1S/C21H20FN3O4S/c1-12(16-11-30-19-7-5-14(22)9-15(16)19)24-25-20(26)10-23-21(27)13-4-6-17(28-2)18(8-13)29-3/h4-9,11H,10H2,1-3H3,(H,23,27)(H,25,26). The highest BCUT2D eigenvalue weighted by Crippen LogP contribution is 2.28. The van der Waals surface area contributed by atoms with Gasteiger partial charge in [0, 0.05) is 26.6 Å². The Hall–Kier alpha value is -3.46. The lowest BCUT2D eigenvalue weighted by molar-refractivity contribution is -0.120. The fourth-order valence-electron chi connectivity index (χ4n) is 2.77. The number of methoxy groups -OCH3 is 2. The normalized spacial score (nSPS) is 11.3. The molecule has 2 N–H and O–H groups in total. The van der Waals surface area contributed by atoms with Gasteiger partial charge >= 0.3 is 0 Å². The first kappa shape index (κ1) is 21.3. The minimum absolute atomic E-state index is 0.261. The average Bonchev–Trinajstić information content (AvgIpc) is 3.18. The van der Waals surface area contributed by atoms with Gasteiger partial charge in [-0.25, -0.2) is 9.82 Å². The van der Waals surface area contributed by atoms with Crippen molar-refractivity contribution in [3.05, 3.63) is 58.7 Å². The number of hydrogen-bond acceptors (Lipinski definition) is 6. The molecule has 0 aliphatic rings. The van der Waals surface area contributed by atoms with Crippen LogP contribution in [-0.4, -0.2) is 38.3 Å². The second-order valence-electron chi connectivity index (χ2n) is 6.27. The Morgan fingerprint density at radius 1 is 1.10 bits per heavy atom. The first-order valence-corrected chi connectivity index (χ1v) is 9.81. The number of amides is 2. The van der Waals surface area contributed by atoms with Crippen LogP contribution >= 0.6 is 11.3 Å².